The first kappa shape index (κ1) is 26.8. The van der Waals surface area contributed by atoms with Crippen LogP contribution in [0, 0.1) is 12.7 Å². The number of likely N-dealkylation sites (N-methyl/N-ethyl adjacent to an activating group) is 1. The molecule has 2 aliphatic rings. The molecular weight excluding hydrogens is 524 g/mol. The number of nitrogens with one attached hydrogen (secondary N) is 2. The van der Waals surface area contributed by atoms with Gasteiger partial charge in [-0.2, -0.15) is 9.61 Å². The van der Waals surface area contributed by atoms with Gasteiger partial charge in [0.05, 0.1) is 11.6 Å². The van der Waals surface area contributed by atoms with Gasteiger partial charge in [0.1, 0.15) is 11.6 Å². The zero-order chi connectivity index (χ0) is 27.6. The number of amides is 1. The van der Waals surface area contributed by atoms with E-state index in [4.69, 9.17) is 10.1 Å². The number of aryl methyl sites for hydroxylation is 1. The standard InChI is InChI=1S/C30H35FN7OP/c1-20-16-21(6-9-25(20)30(39)34-23-7-8-23)26-19-33-38-27(32-10-11-37-14-12-36(2)13-15-37)18-28(35-29(26)38)40-24-5-3-4-22(31)17-24/h3-6,9,16-19,23,32,40H,7-8,10-15H2,1-2H3,(H,34,39). The number of benzene rings is 2. The number of carbonyl (C=O) groups is 1. The highest BCUT2D eigenvalue weighted by molar-refractivity contribution is 7.55. The van der Waals surface area contributed by atoms with E-state index in [1.54, 1.807) is 12.1 Å². The lowest BCUT2D eigenvalue weighted by Gasteiger charge is -2.32. The van der Waals surface area contributed by atoms with Crippen LogP contribution in [-0.2, 0) is 0 Å². The normalized spacial score (nSPS) is 16.7. The minimum Gasteiger partial charge on any atom is -0.369 e. The van der Waals surface area contributed by atoms with Gasteiger partial charge in [0, 0.05) is 62.5 Å². The molecule has 4 aromatic rings. The Morgan fingerprint density at radius 2 is 1.93 bits per heavy atom. The van der Waals surface area contributed by atoms with Gasteiger partial charge < -0.3 is 15.5 Å². The van der Waals surface area contributed by atoms with Gasteiger partial charge in [-0.3, -0.25) is 9.69 Å². The van der Waals surface area contributed by atoms with E-state index in [1.807, 2.05) is 48.0 Å². The van der Waals surface area contributed by atoms with Crippen LogP contribution in [0.25, 0.3) is 16.8 Å². The second-order valence-electron chi connectivity index (χ2n) is 10.8. The van der Waals surface area contributed by atoms with E-state index < -0.39 is 0 Å². The van der Waals surface area contributed by atoms with Crippen molar-refractivity contribution in [1.29, 1.82) is 0 Å². The molecule has 10 heteroatoms. The van der Waals surface area contributed by atoms with Gasteiger partial charge in [-0.15, -0.1) is 0 Å². The number of hydrogen-bond donors (Lipinski definition) is 2. The third-order valence-corrected chi connectivity index (χ3v) is 8.71. The van der Waals surface area contributed by atoms with Crippen molar-refractivity contribution in [1.82, 2.24) is 29.7 Å². The van der Waals surface area contributed by atoms with Crippen molar-refractivity contribution in [2.24, 2.45) is 0 Å². The molecule has 2 aromatic heterocycles. The van der Waals surface area contributed by atoms with Gasteiger partial charge in [0.25, 0.3) is 5.91 Å². The molecule has 1 aliphatic carbocycles. The Labute approximate surface area is 235 Å². The third kappa shape index (κ3) is 6.17. The van der Waals surface area contributed by atoms with Gasteiger partial charge >= 0.3 is 0 Å². The fourth-order valence-electron chi connectivity index (χ4n) is 5.06. The SMILES string of the molecule is Cc1cc(-c2cnn3c(NCCN4CCN(C)CC4)cc(Pc4cccc(F)c4)nc23)ccc1C(=O)NC1CC1. The predicted octanol–water partition coefficient (Wildman–Crippen LogP) is 3.02. The molecule has 8 nitrogen and oxygen atoms in total. The van der Waals surface area contributed by atoms with Crippen LogP contribution in [0.5, 0.6) is 0 Å². The number of hydrogen-bond acceptors (Lipinski definition) is 6. The first-order chi connectivity index (χ1) is 19.4. The number of nitrogens with zero attached hydrogens (tertiary/aromatic N) is 5. The highest BCUT2D eigenvalue weighted by Crippen LogP contribution is 2.28. The van der Waals surface area contributed by atoms with Crippen LogP contribution in [-0.4, -0.2) is 82.7 Å². The van der Waals surface area contributed by atoms with E-state index in [0.717, 1.165) is 91.0 Å². The van der Waals surface area contributed by atoms with Crippen LogP contribution in [0.1, 0.15) is 28.8 Å². The molecule has 2 N–H and O–H groups in total. The number of fused-ring (bicyclic) bond motifs is 1. The Bertz CT molecular complexity index is 1530. The number of halogens is 1. The molecule has 208 valence electrons. The molecule has 1 aliphatic heterocycles. The number of aromatic nitrogens is 3. The monoisotopic (exact) mass is 559 g/mol. The molecule has 3 heterocycles. The summed E-state index contributed by atoms with van der Waals surface area (Å²) in [5.74, 6) is 0.597. The lowest BCUT2D eigenvalue weighted by atomic mass is 10.0. The summed E-state index contributed by atoms with van der Waals surface area (Å²) in [5.41, 5.74) is 5.05. The Kier molecular flexibility index (Phi) is 7.78. The summed E-state index contributed by atoms with van der Waals surface area (Å²) in [6.45, 7) is 7.99. The predicted molar refractivity (Wildman–Crippen MR) is 160 cm³/mol. The lowest BCUT2D eigenvalue weighted by molar-refractivity contribution is 0.0950. The quantitative estimate of drug-likeness (QED) is 0.307. The van der Waals surface area contributed by atoms with E-state index in [-0.39, 0.29) is 20.3 Å². The molecule has 1 unspecified atom stereocenters. The van der Waals surface area contributed by atoms with Gasteiger partial charge in [-0.25, -0.2) is 9.37 Å². The maximum atomic E-state index is 13.9. The topological polar surface area (TPSA) is 77.8 Å². The number of rotatable bonds is 9. The summed E-state index contributed by atoms with van der Waals surface area (Å²) in [6.07, 6.45) is 3.95. The minimum absolute atomic E-state index is 0.0186. The van der Waals surface area contributed by atoms with E-state index in [2.05, 4.69) is 27.5 Å². The smallest absolute Gasteiger partial charge is 0.251 e. The maximum absolute atomic E-state index is 13.9. The van der Waals surface area contributed by atoms with E-state index in [9.17, 15) is 9.18 Å². The molecule has 2 aromatic carbocycles. The molecular formula is C30H35FN7OP. The lowest BCUT2D eigenvalue weighted by Crippen LogP contribution is -2.45. The zero-order valence-corrected chi connectivity index (χ0v) is 24.0. The van der Waals surface area contributed by atoms with Crippen LogP contribution in [0.2, 0.25) is 0 Å². The summed E-state index contributed by atoms with van der Waals surface area (Å²) in [6, 6.07) is 14.9. The van der Waals surface area contributed by atoms with E-state index >= 15 is 0 Å². The maximum Gasteiger partial charge on any atom is 0.251 e. The van der Waals surface area contributed by atoms with Crippen LogP contribution in [0.4, 0.5) is 10.2 Å². The number of anilines is 1. The minimum atomic E-state index is -0.247. The third-order valence-electron chi connectivity index (χ3n) is 7.59. The first-order valence-electron chi connectivity index (χ1n) is 13.9. The van der Waals surface area contributed by atoms with Crippen LogP contribution < -0.4 is 21.4 Å². The van der Waals surface area contributed by atoms with Crippen LogP contribution >= 0.6 is 8.58 Å². The van der Waals surface area contributed by atoms with E-state index in [0.29, 0.717) is 11.6 Å². The van der Waals surface area contributed by atoms with Crippen LogP contribution in [0.3, 0.4) is 0 Å². The molecule has 6 rings (SSSR count). The van der Waals surface area contributed by atoms with Crippen molar-refractivity contribution in [3.63, 3.8) is 0 Å². The average molecular weight is 560 g/mol. The van der Waals surface area contributed by atoms with Crippen molar-refractivity contribution >= 4 is 36.7 Å². The second-order valence-corrected chi connectivity index (χ2v) is 12.1. The Morgan fingerprint density at radius 1 is 1.10 bits per heavy atom. The average Bonchev–Trinajstić information content (AvgIpc) is 3.64. The van der Waals surface area contributed by atoms with E-state index in [1.165, 1.54) is 6.07 Å². The number of carbonyl (C=O) groups excluding carboxylic acids is 1. The Morgan fingerprint density at radius 3 is 2.67 bits per heavy atom. The fourth-order valence-corrected chi connectivity index (χ4v) is 6.12. The number of piperazine rings is 1. The highest BCUT2D eigenvalue weighted by atomic mass is 31.1. The second kappa shape index (κ2) is 11.6. The zero-order valence-electron chi connectivity index (χ0n) is 23.0. The van der Waals surface area contributed by atoms with Crippen molar-refractivity contribution in [2.45, 2.75) is 25.8 Å². The molecule has 1 atom stereocenters. The molecule has 0 bridgehead atoms. The molecule has 1 saturated heterocycles. The molecule has 40 heavy (non-hydrogen) atoms. The largest absolute Gasteiger partial charge is 0.369 e. The first-order valence-corrected chi connectivity index (χ1v) is 14.9. The summed E-state index contributed by atoms with van der Waals surface area (Å²) < 4.78 is 15.8. The summed E-state index contributed by atoms with van der Waals surface area (Å²) in [5, 5.41) is 12.3. The summed E-state index contributed by atoms with van der Waals surface area (Å²) >= 11 is 0. The Balaban J connectivity index is 1.30. The molecule has 0 spiro atoms. The molecule has 2 fully saturated rings. The summed E-state index contributed by atoms with van der Waals surface area (Å²) in [7, 11) is 2.36. The van der Waals surface area contributed by atoms with Gasteiger partial charge in [0.2, 0.25) is 0 Å². The van der Waals surface area contributed by atoms with Crippen molar-refractivity contribution in [2.75, 3.05) is 51.6 Å². The Hall–Kier alpha value is -3.39. The van der Waals surface area contributed by atoms with Gasteiger partial charge in [-0.1, -0.05) is 24.3 Å². The van der Waals surface area contributed by atoms with Crippen molar-refractivity contribution in [3.8, 4) is 11.1 Å². The van der Waals surface area contributed by atoms with Gasteiger partial charge in [0.15, 0.2) is 5.65 Å². The van der Waals surface area contributed by atoms with Crippen molar-refractivity contribution in [3.05, 3.63) is 71.7 Å². The highest BCUT2D eigenvalue weighted by Gasteiger charge is 2.24. The summed E-state index contributed by atoms with van der Waals surface area (Å²) in [4.78, 5) is 22.5. The fraction of sp³-hybridized carbons (Fsp3) is 0.367. The molecule has 0 radical (unpaired) electrons. The van der Waals surface area contributed by atoms with Gasteiger partial charge in [-0.05, 0) is 70.0 Å². The molecule has 1 saturated carbocycles. The van der Waals surface area contributed by atoms with Crippen molar-refractivity contribution < 1.29 is 9.18 Å². The molecule has 1 amide bonds. The van der Waals surface area contributed by atoms with Crippen LogP contribution in [0.15, 0.2) is 54.7 Å².